The minimum atomic E-state index is -3.53. The van der Waals surface area contributed by atoms with Gasteiger partial charge in [-0.2, -0.15) is 4.37 Å². The smallest absolute Gasteiger partial charge is 0.242 e. The molecule has 2 fully saturated rings. The van der Waals surface area contributed by atoms with Gasteiger partial charge in [0.1, 0.15) is 10.7 Å². The summed E-state index contributed by atoms with van der Waals surface area (Å²) in [6.07, 6.45) is 6.81. The maximum absolute atomic E-state index is 13.0. The first-order valence-electron chi connectivity index (χ1n) is 13.0. The molecule has 4 aromatic rings. The van der Waals surface area contributed by atoms with Crippen LogP contribution in [-0.4, -0.2) is 61.4 Å². The number of nitrogens with zero attached hydrogens (tertiary/aromatic N) is 3. The third-order valence-corrected chi connectivity index (χ3v) is 10.3. The highest BCUT2D eigenvalue weighted by atomic mass is 32.2. The summed E-state index contributed by atoms with van der Waals surface area (Å²) >= 11 is 1.59. The fraction of sp³-hybridized carbons (Fsp3) is 0.444. The van der Waals surface area contributed by atoms with Gasteiger partial charge in [-0.05, 0) is 74.3 Å². The number of fused-ring (bicyclic) bond motifs is 2. The summed E-state index contributed by atoms with van der Waals surface area (Å²) in [7, 11) is -3.53. The zero-order chi connectivity index (χ0) is 24.5. The number of rotatable bonds is 7. The van der Waals surface area contributed by atoms with Crippen molar-refractivity contribution in [2.24, 2.45) is 5.92 Å². The number of nitrogens with one attached hydrogen (secondary N) is 2. The molecule has 0 unspecified atom stereocenters. The van der Waals surface area contributed by atoms with Crippen molar-refractivity contribution in [3.8, 4) is 0 Å². The number of para-hydroxylation sites is 1. The van der Waals surface area contributed by atoms with E-state index in [9.17, 15) is 8.42 Å². The summed E-state index contributed by atoms with van der Waals surface area (Å²) in [6.45, 7) is 5.32. The van der Waals surface area contributed by atoms with Crippen molar-refractivity contribution in [1.29, 1.82) is 0 Å². The Morgan fingerprint density at radius 3 is 2.47 bits per heavy atom. The van der Waals surface area contributed by atoms with Crippen molar-refractivity contribution in [1.82, 2.24) is 19.0 Å². The predicted octanol–water partition coefficient (Wildman–Crippen LogP) is 4.83. The van der Waals surface area contributed by atoms with E-state index in [0.29, 0.717) is 10.8 Å². The first-order valence-corrected chi connectivity index (χ1v) is 15.2. The van der Waals surface area contributed by atoms with Crippen molar-refractivity contribution in [3.63, 3.8) is 0 Å². The fourth-order valence-corrected chi connectivity index (χ4v) is 8.05. The number of aromatic amines is 1. The summed E-state index contributed by atoms with van der Waals surface area (Å²) in [4.78, 5) is 8.44. The molecule has 1 saturated carbocycles. The Morgan fingerprint density at radius 1 is 0.944 bits per heavy atom. The van der Waals surface area contributed by atoms with E-state index in [1.807, 2.05) is 24.3 Å². The second-order valence-electron chi connectivity index (χ2n) is 10.2. The zero-order valence-electron chi connectivity index (χ0n) is 20.4. The number of H-pyrrole nitrogens is 1. The van der Waals surface area contributed by atoms with Crippen LogP contribution >= 0.6 is 11.5 Å². The number of benzene rings is 2. The van der Waals surface area contributed by atoms with Crippen LogP contribution < -0.4 is 9.62 Å². The summed E-state index contributed by atoms with van der Waals surface area (Å²) in [5.41, 5.74) is 0.849. The molecule has 0 amide bonds. The molecule has 2 N–H and O–H groups in total. The molecular formula is C27H33N5O2S2. The van der Waals surface area contributed by atoms with Gasteiger partial charge in [0, 0.05) is 54.7 Å². The molecule has 2 aromatic heterocycles. The number of piperazine rings is 1. The van der Waals surface area contributed by atoms with Crippen LogP contribution in [0.1, 0.15) is 32.1 Å². The monoisotopic (exact) mass is 523 g/mol. The minimum Gasteiger partial charge on any atom is -0.360 e. The molecule has 1 aliphatic carbocycles. The number of hydrogen-bond donors (Lipinski definition) is 2. The lowest BCUT2D eigenvalue weighted by atomic mass is 9.84. The lowest BCUT2D eigenvalue weighted by Gasteiger charge is -2.36. The summed E-state index contributed by atoms with van der Waals surface area (Å²) in [6, 6.07) is 16.1. The lowest BCUT2D eigenvalue weighted by molar-refractivity contribution is 0.214. The average Bonchev–Trinajstić information content (AvgIpc) is 3.54. The second-order valence-corrected chi connectivity index (χ2v) is 12.6. The Balaban J connectivity index is 0.959. The third-order valence-electron chi connectivity index (χ3n) is 7.89. The van der Waals surface area contributed by atoms with Crippen LogP contribution in [0.3, 0.4) is 0 Å². The second kappa shape index (κ2) is 10.1. The molecule has 0 radical (unpaired) electrons. The van der Waals surface area contributed by atoms with Crippen LogP contribution in [0.4, 0.5) is 5.82 Å². The molecule has 0 spiro atoms. The predicted molar refractivity (Wildman–Crippen MR) is 147 cm³/mol. The number of aromatic nitrogens is 2. The molecule has 0 atom stereocenters. The molecule has 1 aliphatic heterocycles. The van der Waals surface area contributed by atoms with Gasteiger partial charge in [0.05, 0.1) is 4.70 Å². The van der Waals surface area contributed by atoms with Crippen LogP contribution in [0.15, 0.2) is 59.6 Å². The van der Waals surface area contributed by atoms with Crippen LogP contribution in [-0.2, 0) is 10.0 Å². The molecule has 2 aliphatic rings. The van der Waals surface area contributed by atoms with E-state index in [2.05, 4.69) is 43.8 Å². The highest BCUT2D eigenvalue weighted by Gasteiger charge is 2.28. The molecular weight excluding hydrogens is 490 g/mol. The molecule has 6 rings (SSSR count). The van der Waals surface area contributed by atoms with Crippen LogP contribution in [0, 0.1) is 5.92 Å². The van der Waals surface area contributed by atoms with Crippen LogP contribution in [0.2, 0.25) is 0 Å². The van der Waals surface area contributed by atoms with Crippen molar-refractivity contribution >= 4 is 48.4 Å². The van der Waals surface area contributed by atoms with Crippen LogP contribution in [0.5, 0.6) is 0 Å². The van der Waals surface area contributed by atoms with Gasteiger partial charge in [0.15, 0.2) is 0 Å². The van der Waals surface area contributed by atoms with E-state index >= 15 is 0 Å². The highest BCUT2D eigenvalue weighted by molar-refractivity contribution is 7.89. The number of anilines is 1. The molecule has 0 bridgehead atoms. The normalized spacial score (nSPS) is 21.9. The summed E-state index contributed by atoms with van der Waals surface area (Å²) in [5.74, 6) is 1.82. The zero-order valence-corrected chi connectivity index (χ0v) is 22.0. The van der Waals surface area contributed by atoms with E-state index in [4.69, 9.17) is 4.37 Å². The van der Waals surface area contributed by atoms with E-state index in [1.54, 1.807) is 17.7 Å². The lowest BCUT2D eigenvalue weighted by Crippen LogP contribution is -2.47. The molecule has 7 nitrogen and oxygen atoms in total. The summed E-state index contributed by atoms with van der Waals surface area (Å²) in [5, 5.41) is 2.02. The molecule has 9 heteroatoms. The van der Waals surface area contributed by atoms with Gasteiger partial charge in [0.2, 0.25) is 10.0 Å². The van der Waals surface area contributed by atoms with Gasteiger partial charge < -0.3 is 9.88 Å². The van der Waals surface area contributed by atoms with Gasteiger partial charge in [-0.25, -0.2) is 13.1 Å². The third kappa shape index (κ3) is 4.89. The fourth-order valence-electron chi connectivity index (χ4n) is 5.77. The van der Waals surface area contributed by atoms with Gasteiger partial charge in [-0.1, -0.05) is 30.3 Å². The Labute approximate surface area is 216 Å². The highest BCUT2D eigenvalue weighted by Crippen LogP contribution is 2.31. The van der Waals surface area contributed by atoms with E-state index in [0.717, 1.165) is 75.1 Å². The topological polar surface area (TPSA) is 81.3 Å². The van der Waals surface area contributed by atoms with Crippen molar-refractivity contribution in [3.05, 3.63) is 54.7 Å². The standard InChI is InChI=1S/C27H33N5O2S2/c33-36(34,26-19-28-24-7-3-1-5-22(24)26)30-21-11-9-20(10-12-21)13-14-31-15-17-32(18-16-31)27-23-6-2-4-8-25(23)35-29-27/h1-8,19-21,28,30H,9-18H2/t20-,21-. The molecule has 190 valence electrons. The van der Waals surface area contributed by atoms with Gasteiger partial charge in [-0.3, -0.25) is 4.90 Å². The quantitative estimate of drug-likeness (QED) is 0.363. The van der Waals surface area contributed by atoms with Crippen LogP contribution in [0.25, 0.3) is 21.0 Å². The van der Waals surface area contributed by atoms with Crippen molar-refractivity contribution < 1.29 is 8.42 Å². The van der Waals surface area contributed by atoms with E-state index < -0.39 is 10.0 Å². The van der Waals surface area contributed by atoms with Gasteiger partial charge >= 0.3 is 0 Å². The Hall–Kier alpha value is -2.46. The first-order chi connectivity index (χ1) is 17.6. The maximum Gasteiger partial charge on any atom is 0.242 e. The molecule has 3 heterocycles. The van der Waals surface area contributed by atoms with E-state index in [-0.39, 0.29) is 6.04 Å². The van der Waals surface area contributed by atoms with Gasteiger partial charge in [0.25, 0.3) is 0 Å². The SMILES string of the molecule is O=S(=O)(N[C@H]1CC[C@H](CCN2CCN(c3nsc4ccccc34)CC2)CC1)c1c[nH]c2ccccc12. The van der Waals surface area contributed by atoms with Crippen molar-refractivity contribution in [2.45, 2.75) is 43.0 Å². The molecule has 1 saturated heterocycles. The van der Waals surface area contributed by atoms with Gasteiger partial charge in [-0.15, -0.1) is 0 Å². The van der Waals surface area contributed by atoms with E-state index in [1.165, 1.54) is 16.5 Å². The van der Waals surface area contributed by atoms with Crippen molar-refractivity contribution in [2.75, 3.05) is 37.6 Å². The number of hydrogen-bond acceptors (Lipinski definition) is 6. The Morgan fingerprint density at radius 2 is 1.67 bits per heavy atom. The largest absolute Gasteiger partial charge is 0.360 e. The molecule has 2 aromatic carbocycles. The Bertz CT molecular complexity index is 1430. The average molecular weight is 524 g/mol. The summed E-state index contributed by atoms with van der Waals surface area (Å²) < 4.78 is 35.0. The minimum absolute atomic E-state index is 0.0244. The molecule has 36 heavy (non-hydrogen) atoms. The Kier molecular flexibility index (Phi) is 6.73. The first kappa shape index (κ1) is 23.9. The number of sulfonamides is 1. The maximum atomic E-state index is 13.0.